The fourth-order valence-corrected chi connectivity index (χ4v) is 2.59. The molecule has 25 heavy (non-hydrogen) atoms. The lowest BCUT2D eigenvalue weighted by molar-refractivity contribution is -0.0643. The molecule has 8 N–H and O–H groups in total. The minimum atomic E-state index is -1.18. The van der Waals surface area contributed by atoms with Crippen molar-refractivity contribution >= 4 is 22.9 Å². The van der Waals surface area contributed by atoms with Crippen molar-refractivity contribution in [1.29, 1.82) is 0 Å². The number of rotatable bonds is 6. The summed E-state index contributed by atoms with van der Waals surface area (Å²) in [5, 5.41) is 20.5. The average molecular weight is 352 g/mol. The Bertz CT molecular complexity index is 762. The summed E-state index contributed by atoms with van der Waals surface area (Å²) in [6.45, 7) is 0.612. The first-order valence-corrected chi connectivity index (χ1v) is 7.56. The second kappa shape index (κ2) is 7.14. The highest BCUT2D eigenvalue weighted by Gasteiger charge is 2.44. The number of fused-ring (bicyclic) bond motifs is 1. The lowest BCUT2D eigenvalue weighted by Gasteiger charge is -2.16. The van der Waals surface area contributed by atoms with Crippen LogP contribution in [0.2, 0.25) is 0 Å². The molecular formula is C13H20N8O4. The third-order valence-corrected chi connectivity index (χ3v) is 3.81. The molecule has 0 unspecified atom stereocenters. The van der Waals surface area contributed by atoms with Crippen molar-refractivity contribution in [3.8, 4) is 0 Å². The summed E-state index contributed by atoms with van der Waals surface area (Å²) < 4.78 is 12.6. The third-order valence-electron chi connectivity index (χ3n) is 3.81. The predicted molar refractivity (Wildman–Crippen MR) is 87.2 cm³/mol. The molecule has 3 rings (SSSR count). The van der Waals surface area contributed by atoms with Crippen LogP contribution in [0.1, 0.15) is 6.23 Å². The van der Waals surface area contributed by atoms with Crippen LogP contribution in [0, 0.1) is 0 Å². The number of imidazole rings is 1. The van der Waals surface area contributed by atoms with Gasteiger partial charge in [0.15, 0.2) is 23.7 Å². The number of ether oxygens (including phenoxy) is 2. The van der Waals surface area contributed by atoms with Gasteiger partial charge in [0.2, 0.25) is 0 Å². The van der Waals surface area contributed by atoms with Gasteiger partial charge in [-0.1, -0.05) is 0 Å². The molecule has 12 heteroatoms. The van der Waals surface area contributed by atoms with E-state index in [9.17, 15) is 10.2 Å². The molecule has 0 saturated carbocycles. The number of nitrogen functional groups attached to an aromatic ring is 1. The molecule has 0 aliphatic carbocycles. The fourth-order valence-electron chi connectivity index (χ4n) is 2.59. The van der Waals surface area contributed by atoms with Gasteiger partial charge >= 0.3 is 0 Å². The van der Waals surface area contributed by atoms with Gasteiger partial charge in [-0.15, -0.1) is 0 Å². The smallest absolute Gasteiger partial charge is 0.185 e. The molecular weight excluding hydrogens is 332 g/mol. The molecule has 0 bridgehead atoms. The number of aromatic nitrogens is 4. The molecule has 1 aliphatic heterocycles. The molecule has 12 nitrogen and oxygen atoms in total. The van der Waals surface area contributed by atoms with E-state index in [1.54, 1.807) is 0 Å². The first-order valence-electron chi connectivity index (χ1n) is 7.56. The number of anilines is 1. The minimum absolute atomic E-state index is 0.0236. The maximum atomic E-state index is 10.3. The molecule has 2 aromatic rings. The molecule has 1 aliphatic rings. The normalized spacial score (nSPS) is 26.2. The van der Waals surface area contributed by atoms with Crippen LogP contribution >= 0.6 is 0 Å². The van der Waals surface area contributed by atoms with Gasteiger partial charge in [-0.2, -0.15) is 0 Å². The summed E-state index contributed by atoms with van der Waals surface area (Å²) in [7, 11) is 0. The van der Waals surface area contributed by atoms with Crippen LogP contribution in [0.4, 0.5) is 5.82 Å². The molecule has 136 valence electrons. The number of aliphatic imine (C=N–C) groups is 1. The Balaban J connectivity index is 1.67. The summed E-state index contributed by atoms with van der Waals surface area (Å²) in [4.78, 5) is 15.9. The van der Waals surface area contributed by atoms with E-state index in [4.69, 9.17) is 26.7 Å². The van der Waals surface area contributed by atoms with Crippen molar-refractivity contribution in [2.24, 2.45) is 16.5 Å². The van der Waals surface area contributed by atoms with Gasteiger partial charge in [0.1, 0.15) is 30.2 Å². The molecule has 0 amide bonds. The number of aliphatic hydroxyl groups excluding tert-OH is 2. The highest BCUT2D eigenvalue weighted by molar-refractivity contribution is 5.81. The molecule has 1 fully saturated rings. The maximum absolute atomic E-state index is 10.3. The van der Waals surface area contributed by atoms with Gasteiger partial charge in [0, 0.05) is 0 Å². The van der Waals surface area contributed by atoms with E-state index in [0.717, 1.165) is 0 Å². The van der Waals surface area contributed by atoms with Crippen molar-refractivity contribution in [3.63, 3.8) is 0 Å². The van der Waals surface area contributed by atoms with E-state index in [1.165, 1.54) is 17.2 Å². The van der Waals surface area contributed by atoms with Crippen molar-refractivity contribution in [2.75, 3.05) is 25.5 Å². The first kappa shape index (κ1) is 17.3. The van der Waals surface area contributed by atoms with E-state index in [2.05, 4.69) is 19.9 Å². The second-order valence-electron chi connectivity index (χ2n) is 5.51. The van der Waals surface area contributed by atoms with Gasteiger partial charge in [-0.3, -0.25) is 9.56 Å². The van der Waals surface area contributed by atoms with Gasteiger partial charge in [0.05, 0.1) is 26.1 Å². The number of nitrogens with zero attached hydrogens (tertiary/aromatic N) is 5. The van der Waals surface area contributed by atoms with Crippen molar-refractivity contribution in [3.05, 3.63) is 12.7 Å². The van der Waals surface area contributed by atoms with Gasteiger partial charge in [0.25, 0.3) is 0 Å². The largest absolute Gasteiger partial charge is 0.387 e. The number of hydrogen-bond donors (Lipinski definition) is 5. The Morgan fingerprint density at radius 2 is 2.08 bits per heavy atom. The molecule has 4 atom stereocenters. The Labute approximate surface area is 142 Å². The summed E-state index contributed by atoms with van der Waals surface area (Å²) in [6.07, 6.45) is -1.20. The molecule has 2 aromatic heterocycles. The van der Waals surface area contributed by atoms with Crippen LogP contribution < -0.4 is 17.2 Å². The zero-order chi connectivity index (χ0) is 18.0. The average Bonchev–Trinajstić information content (AvgIpc) is 3.11. The molecule has 0 radical (unpaired) electrons. The van der Waals surface area contributed by atoms with E-state index in [0.29, 0.717) is 17.7 Å². The van der Waals surface area contributed by atoms with Crippen LogP contribution in [0.5, 0.6) is 0 Å². The van der Waals surface area contributed by atoms with Crippen LogP contribution in [0.25, 0.3) is 11.2 Å². The van der Waals surface area contributed by atoms with E-state index in [1.807, 2.05) is 0 Å². The highest BCUT2D eigenvalue weighted by Crippen LogP contribution is 2.31. The van der Waals surface area contributed by atoms with Gasteiger partial charge < -0.3 is 36.9 Å². The number of hydrogen-bond acceptors (Lipinski definition) is 9. The number of aliphatic hydroxyl groups is 2. The second-order valence-corrected chi connectivity index (χ2v) is 5.51. The Morgan fingerprint density at radius 3 is 2.84 bits per heavy atom. The summed E-state index contributed by atoms with van der Waals surface area (Å²) in [6, 6.07) is 0. The van der Waals surface area contributed by atoms with Crippen molar-refractivity contribution in [1.82, 2.24) is 19.5 Å². The van der Waals surface area contributed by atoms with Crippen molar-refractivity contribution < 1.29 is 19.7 Å². The Morgan fingerprint density at radius 1 is 1.28 bits per heavy atom. The standard InChI is InChI=1S/C13H20N8O4/c14-10-7-11(19-4-18-10)21(5-20-7)12-9(23)8(22)6(25-12)3-24-2-1-17-13(15)16/h4-6,8-9,12,22-23H,1-3H2,(H2,14,18,19)(H4,15,16,17)/t6-,8-,9-,12-/m1/s1. The maximum Gasteiger partial charge on any atom is 0.185 e. The Kier molecular flexibility index (Phi) is 4.94. The molecule has 1 saturated heterocycles. The number of nitrogens with two attached hydrogens (primary N) is 3. The van der Waals surface area contributed by atoms with Crippen LogP contribution in [0.15, 0.2) is 17.6 Å². The van der Waals surface area contributed by atoms with Gasteiger partial charge in [-0.25, -0.2) is 15.0 Å². The fraction of sp³-hybridized carbons (Fsp3) is 0.538. The molecule has 0 aromatic carbocycles. The lowest BCUT2D eigenvalue weighted by Crippen LogP contribution is -2.34. The lowest BCUT2D eigenvalue weighted by atomic mass is 10.1. The van der Waals surface area contributed by atoms with Crippen LogP contribution in [0.3, 0.4) is 0 Å². The molecule has 3 heterocycles. The predicted octanol–water partition coefficient (Wildman–Crippen LogP) is -2.68. The zero-order valence-electron chi connectivity index (χ0n) is 13.3. The van der Waals surface area contributed by atoms with E-state index >= 15 is 0 Å². The molecule has 0 spiro atoms. The quantitative estimate of drug-likeness (QED) is 0.208. The minimum Gasteiger partial charge on any atom is -0.387 e. The highest BCUT2D eigenvalue weighted by atomic mass is 16.6. The topological polar surface area (TPSA) is 193 Å². The summed E-state index contributed by atoms with van der Waals surface area (Å²) in [5.74, 6) is 0.195. The third kappa shape index (κ3) is 3.46. The van der Waals surface area contributed by atoms with Crippen LogP contribution in [-0.4, -0.2) is 73.8 Å². The van der Waals surface area contributed by atoms with Crippen LogP contribution in [-0.2, 0) is 9.47 Å². The van der Waals surface area contributed by atoms with Crippen molar-refractivity contribution in [2.45, 2.75) is 24.5 Å². The zero-order valence-corrected chi connectivity index (χ0v) is 13.3. The monoisotopic (exact) mass is 352 g/mol. The number of guanidine groups is 1. The Hall–Kier alpha value is -2.54. The SMILES string of the molecule is NC(N)=NCCOC[C@H]1O[C@@H](n2cnc3c(N)ncnc32)[C@H](O)[C@@H]1O. The summed E-state index contributed by atoms with van der Waals surface area (Å²) >= 11 is 0. The summed E-state index contributed by atoms with van der Waals surface area (Å²) in [5.41, 5.74) is 17.0. The van der Waals surface area contributed by atoms with E-state index < -0.39 is 24.5 Å². The van der Waals surface area contributed by atoms with E-state index in [-0.39, 0.29) is 25.0 Å². The van der Waals surface area contributed by atoms with Gasteiger partial charge in [-0.05, 0) is 0 Å². The first-order chi connectivity index (χ1) is 12.0.